The maximum atomic E-state index is 15.1. The van der Waals surface area contributed by atoms with Crippen molar-refractivity contribution >= 4 is 33.4 Å². The number of carbonyl (C=O) groups is 3. The van der Waals surface area contributed by atoms with Crippen LogP contribution in [0.15, 0.2) is 35.2 Å². The van der Waals surface area contributed by atoms with Crippen molar-refractivity contribution < 1.29 is 31.9 Å². The first-order valence-corrected chi connectivity index (χ1v) is 13.4. The summed E-state index contributed by atoms with van der Waals surface area (Å²) in [5.41, 5.74) is 1.90. The molecular formula is C25H27FN4O6S. The zero-order chi connectivity index (χ0) is 26.5. The van der Waals surface area contributed by atoms with Gasteiger partial charge in [-0.15, -0.1) is 0 Å². The van der Waals surface area contributed by atoms with Crippen LogP contribution in [0.25, 0.3) is 0 Å². The van der Waals surface area contributed by atoms with Gasteiger partial charge in [0.15, 0.2) is 0 Å². The molecule has 0 spiro atoms. The predicted octanol–water partition coefficient (Wildman–Crippen LogP) is 1.41. The van der Waals surface area contributed by atoms with E-state index in [1.54, 1.807) is 23.1 Å². The van der Waals surface area contributed by atoms with Crippen molar-refractivity contribution in [2.24, 2.45) is 0 Å². The number of halogens is 1. The number of piperidine rings is 1. The molecule has 10 nitrogen and oxygen atoms in total. The van der Waals surface area contributed by atoms with E-state index in [9.17, 15) is 22.8 Å². The minimum atomic E-state index is -3.75. The van der Waals surface area contributed by atoms with Gasteiger partial charge in [-0.25, -0.2) is 12.8 Å². The summed E-state index contributed by atoms with van der Waals surface area (Å²) in [6, 6.07) is 6.75. The lowest BCUT2D eigenvalue weighted by molar-refractivity contribution is -0.136. The molecule has 2 aromatic carbocycles. The number of nitrogens with one attached hydrogen (secondary N) is 1. The summed E-state index contributed by atoms with van der Waals surface area (Å²) in [4.78, 5) is 39.9. The molecule has 196 valence electrons. The van der Waals surface area contributed by atoms with Gasteiger partial charge >= 0.3 is 0 Å². The van der Waals surface area contributed by atoms with E-state index < -0.39 is 33.7 Å². The molecule has 1 unspecified atom stereocenters. The van der Waals surface area contributed by atoms with Crippen LogP contribution >= 0.6 is 0 Å². The van der Waals surface area contributed by atoms with Crippen LogP contribution in [0.5, 0.6) is 5.75 Å². The van der Waals surface area contributed by atoms with Crippen LogP contribution in [0.4, 0.5) is 10.1 Å². The molecule has 2 saturated heterocycles. The number of carbonyl (C=O) groups excluding carboxylic acids is 3. The highest BCUT2D eigenvalue weighted by Crippen LogP contribution is 2.33. The zero-order valence-corrected chi connectivity index (χ0v) is 21.3. The van der Waals surface area contributed by atoms with Crippen molar-refractivity contribution in [3.63, 3.8) is 0 Å². The molecule has 1 N–H and O–H groups in total. The molecule has 1 atom stereocenters. The number of sulfonamides is 1. The molecule has 0 radical (unpaired) electrons. The second-order valence-electron chi connectivity index (χ2n) is 9.38. The van der Waals surface area contributed by atoms with E-state index in [1.807, 2.05) is 6.92 Å². The summed E-state index contributed by atoms with van der Waals surface area (Å²) < 4.78 is 48.1. The maximum absolute atomic E-state index is 15.1. The van der Waals surface area contributed by atoms with Gasteiger partial charge in [0.25, 0.3) is 5.91 Å². The Morgan fingerprint density at radius 1 is 1.05 bits per heavy atom. The average Bonchev–Trinajstić information content (AvgIpc) is 3.18. The van der Waals surface area contributed by atoms with Gasteiger partial charge in [0.05, 0.1) is 17.7 Å². The van der Waals surface area contributed by atoms with Crippen molar-refractivity contribution in [2.45, 2.75) is 37.2 Å². The Morgan fingerprint density at radius 3 is 2.46 bits per heavy atom. The third kappa shape index (κ3) is 4.44. The molecule has 12 heteroatoms. The van der Waals surface area contributed by atoms with E-state index >= 15 is 4.39 Å². The number of anilines is 1. The third-order valence-electron chi connectivity index (χ3n) is 7.19. The van der Waals surface area contributed by atoms with E-state index in [0.717, 1.165) is 5.56 Å². The van der Waals surface area contributed by atoms with E-state index in [1.165, 1.54) is 28.4 Å². The molecule has 3 heterocycles. The van der Waals surface area contributed by atoms with E-state index in [0.29, 0.717) is 11.3 Å². The van der Waals surface area contributed by atoms with Crippen LogP contribution in [0.3, 0.4) is 0 Å². The summed E-state index contributed by atoms with van der Waals surface area (Å²) in [7, 11) is -2.27. The number of rotatable bonds is 5. The van der Waals surface area contributed by atoms with Gasteiger partial charge in [-0.05, 0) is 42.7 Å². The Hall–Kier alpha value is -3.51. The zero-order valence-electron chi connectivity index (χ0n) is 20.5. The van der Waals surface area contributed by atoms with Crippen molar-refractivity contribution in [2.75, 3.05) is 38.2 Å². The first kappa shape index (κ1) is 25.2. The van der Waals surface area contributed by atoms with Crippen LogP contribution in [-0.4, -0.2) is 74.7 Å². The molecule has 2 fully saturated rings. The molecule has 2 aromatic rings. The second-order valence-corrected chi connectivity index (χ2v) is 11.3. The molecule has 0 bridgehead atoms. The molecule has 37 heavy (non-hydrogen) atoms. The normalized spacial score (nSPS) is 20.7. The second kappa shape index (κ2) is 9.42. The number of nitrogens with zero attached hydrogens (tertiary/aromatic N) is 3. The number of hydrogen-bond acceptors (Lipinski definition) is 7. The van der Waals surface area contributed by atoms with Crippen LogP contribution in [0, 0.1) is 12.7 Å². The minimum absolute atomic E-state index is 0.136. The Bertz CT molecular complexity index is 1400. The number of amides is 3. The fraction of sp³-hybridized carbons (Fsp3) is 0.400. The number of benzene rings is 2. The van der Waals surface area contributed by atoms with Crippen molar-refractivity contribution in [1.82, 2.24) is 14.5 Å². The fourth-order valence-corrected chi connectivity index (χ4v) is 6.54. The summed E-state index contributed by atoms with van der Waals surface area (Å²) in [5.74, 6) is -1.44. The Morgan fingerprint density at radius 2 is 1.78 bits per heavy atom. The molecular weight excluding hydrogens is 503 g/mol. The molecule has 3 amide bonds. The summed E-state index contributed by atoms with van der Waals surface area (Å²) in [6.45, 7) is 2.83. The lowest BCUT2D eigenvalue weighted by Crippen LogP contribution is -2.52. The molecule has 5 rings (SSSR count). The molecule has 3 aliphatic rings. The topological polar surface area (TPSA) is 116 Å². The van der Waals surface area contributed by atoms with E-state index in [-0.39, 0.29) is 67.6 Å². The maximum Gasteiger partial charge on any atom is 0.255 e. The van der Waals surface area contributed by atoms with Gasteiger partial charge in [0.1, 0.15) is 17.6 Å². The summed E-state index contributed by atoms with van der Waals surface area (Å²) >= 11 is 0. The predicted molar refractivity (Wildman–Crippen MR) is 131 cm³/mol. The Kier molecular flexibility index (Phi) is 6.40. The molecule has 0 aromatic heterocycles. The van der Waals surface area contributed by atoms with E-state index in [4.69, 9.17) is 4.74 Å². The quantitative estimate of drug-likeness (QED) is 0.581. The Balaban J connectivity index is 1.31. The van der Waals surface area contributed by atoms with Crippen LogP contribution in [-0.2, 0) is 26.2 Å². The number of methoxy groups -OCH3 is 1. The van der Waals surface area contributed by atoms with Crippen LogP contribution in [0.1, 0.15) is 34.3 Å². The number of piperazine rings is 1. The monoisotopic (exact) mass is 530 g/mol. The lowest BCUT2D eigenvalue weighted by Gasteiger charge is -2.35. The fourth-order valence-electron chi connectivity index (χ4n) is 5.10. The Labute approximate surface area is 214 Å². The first-order chi connectivity index (χ1) is 17.6. The first-order valence-electron chi connectivity index (χ1n) is 12.0. The number of hydrogen-bond donors (Lipinski definition) is 1. The molecule has 3 aliphatic heterocycles. The minimum Gasteiger partial charge on any atom is -0.496 e. The molecule has 0 aliphatic carbocycles. The largest absolute Gasteiger partial charge is 0.496 e. The number of fused-ring (bicyclic) bond motifs is 1. The van der Waals surface area contributed by atoms with Crippen LogP contribution < -0.4 is 15.0 Å². The van der Waals surface area contributed by atoms with Gasteiger partial charge < -0.3 is 14.5 Å². The third-order valence-corrected chi connectivity index (χ3v) is 9.08. The molecule has 0 saturated carbocycles. The van der Waals surface area contributed by atoms with Crippen molar-refractivity contribution in [3.8, 4) is 5.75 Å². The SMILES string of the molecule is COc1cc(S(=O)(=O)N2CCN(c3cc4c(cc3F)C(=O)N(C3CCC(=O)NC3=O)C4)CC2)ccc1C. The summed E-state index contributed by atoms with van der Waals surface area (Å²) in [6.07, 6.45) is 0.363. The number of imide groups is 1. The van der Waals surface area contributed by atoms with Gasteiger partial charge in [0.2, 0.25) is 21.8 Å². The number of ether oxygens (including phenoxy) is 1. The van der Waals surface area contributed by atoms with Crippen LogP contribution in [0.2, 0.25) is 0 Å². The van der Waals surface area contributed by atoms with Gasteiger partial charge in [-0.3, -0.25) is 19.7 Å². The van der Waals surface area contributed by atoms with Crippen molar-refractivity contribution in [1.29, 1.82) is 0 Å². The highest BCUT2D eigenvalue weighted by atomic mass is 32.2. The summed E-state index contributed by atoms with van der Waals surface area (Å²) in [5, 5.41) is 2.25. The van der Waals surface area contributed by atoms with Crippen molar-refractivity contribution in [3.05, 3.63) is 52.8 Å². The highest BCUT2D eigenvalue weighted by Gasteiger charge is 2.40. The van der Waals surface area contributed by atoms with Gasteiger partial charge in [0, 0.05) is 50.8 Å². The average molecular weight is 531 g/mol. The lowest BCUT2D eigenvalue weighted by atomic mass is 10.0. The van der Waals surface area contributed by atoms with E-state index in [2.05, 4.69) is 5.32 Å². The highest BCUT2D eigenvalue weighted by molar-refractivity contribution is 7.89. The van der Waals surface area contributed by atoms with Gasteiger partial charge in [-0.2, -0.15) is 4.31 Å². The smallest absolute Gasteiger partial charge is 0.255 e. The van der Waals surface area contributed by atoms with Gasteiger partial charge in [-0.1, -0.05) is 6.07 Å². The number of aryl methyl sites for hydroxylation is 1. The standard InChI is InChI=1S/C25H27FN4O6S/c1-15-3-4-17(12-22(15)36-2)37(34,35)29-9-7-28(8-10-29)21-11-16-14-30(25(33)18(16)13-19(21)26)20-5-6-23(31)27-24(20)32/h3-4,11-13,20H,5-10,14H2,1-2H3,(H,27,31,32).